The summed E-state index contributed by atoms with van der Waals surface area (Å²) in [5.41, 5.74) is 3.94. The molecule has 0 spiro atoms. The third-order valence-electron chi connectivity index (χ3n) is 3.69. The molecule has 2 nitrogen and oxygen atoms in total. The van der Waals surface area contributed by atoms with E-state index in [1.165, 1.54) is 16.7 Å². The third kappa shape index (κ3) is 3.64. The Balaban J connectivity index is 2.48. The molecule has 0 aromatic heterocycles. The Kier molecular flexibility index (Phi) is 5.82. The highest BCUT2D eigenvalue weighted by molar-refractivity contribution is 5.44. The molecule has 0 fully saturated rings. The normalized spacial score (nSPS) is 12.1. The molecule has 0 aliphatic heterocycles. The molecule has 0 radical (unpaired) electrons. The average molecular weight is 283 g/mol. The zero-order chi connectivity index (χ0) is 15.1. The monoisotopic (exact) mass is 283 g/mol. The van der Waals surface area contributed by atoms with Gasteiger partial charge < -0.3 is 10.1 Å². The van der Waals surface area contributed by atoms with Gasteiger partial charge in [0.15, 0.2) is 0 Å². The molecule has 0 heterocycles. The second kappa shape index (κ2) is 7.84. The highest BCUT2D eigenvalue weighted by Gasteiger charge is 2.19. The van der Waals surface area contributed by atoms with Crippen LogP contribution in [0.1, 0.15) is 43.5 Å². The van der Waals surface area contributed by atoms with Crippen molar-refractivity contribution in [3.8, 4) is 5.75 Å². The van der Waals surface area contributed by atoms with Crippen molar-refractivity contribution in [2.24, 2.45) is 0 Å². The van der Waals surface area contributed by atoms with Crippen molar-refractivity contribution in [1.29, 1.82) is 0 Å². The van der Waals surface area contributed by atoms with E-state index in [1.807, 2.05) is 13.0 Å². The SMILES string of the molecule is CCNC(c1ccccc1CC)c1ccccc1OCC. The molecular weight excluding hydrogens is 258 g/mol. The van der Waals surface area contributed by atoms with E-state index in [0.717, 1.165) is 18.7 Å². The Morgan fingerprint density at radius 1 is 0.905 bits per heavy atom. The molecule has 1 atom stereocenters. The molecular formula is C19H25NO. The Bertz CT molecular complexity index is 565. The molecule has 0 saturated heterocycles. The van der Waals surface area contributed by atoms with Gasteiger partial charge in [-0.25, -0.2) is 0 Å². The van der Waals surface area contributed by atoms with Gasteiger partial charge in [-0.2, -0.15) is 0 Å². The van der Waals surface area contributed by atoms with Crippen LogP contribution in [0, 0.1) is 0 Å². The molecule has 2 rings (SSSR count). The number of benzene rings is 2. The Labute approximate surface area is 128 Å². The van der Waals surface area contributed by atoms with Crippen molar-refractivity contribution >= 4 is 0 Å². The number of hydrogen-bond acceptors (Lipinski definition) is 2. The molecule has 2 heteroatoms. The highest BCUT2D eigenvalue weighted by atomic mass is 16.5. The van der Waals surface area contributed by atoms with Gasteiger partial charge in [-0.15, -0.1) is 0 Å². The number of rotatable bonds is 7. The van der Waals surface area contributed by atoms with E-state index < -0.39 is 0 Å². The molecule has 0 amide bonds. The molecule has 1 unspecified atom stereocenters. The number of para-hydroxylation sites is 1. The van der Waals surface area contributed by atoms with E-state index in [9.17, 15) is 0 Å². The lowest BCUT2D eigenvalue weighted by Gasteiger charge is -2.23. The topological polar surface area (TPSA) is 21.3 Å². The molecule has 21 heavy (non-hydrogen) atoms. The summed E-state index contributed by atoms with van der Waals surface area (Å²) in [5, 5.41) is 3.61. The summed E-state index contributed by atoms with van der Waals surface area (Å²) < 4.78 is 5.82. The summed E-state index contributed by atoms with van der Waals surface area (Å²) in [6.45, 7) is 7.98. The molecule has 2 aromatic carbocycles. The molecule has 112 valence electrons. The summed E-state index contributed by atoms with van der Waals surface area (Å²) in [7, 11) is 0. The fourth-order valence-corrected chi connectivity index (χ4v) is 2.74. The predicted octanol–water partition coefficient (Wildman–Crippen LogP) is 4.35. The third-order valence-corrected chi connectivity index (χ3v) is 3.69. The summed E-state index contributed by atoms with van der Waals surface area (Å²) in [6, 6.07) is 17.1. The molecule has 0 saturated carbocycles. The number of ether oxygens (including phenoxy) is 1. The predicted molar refractivity (Wildman–Crippen MR) is 89.0 cm³/mol. The standard InChI is InChI=1S/C19H25NO/c1-4-15-11-7-8-12-16(15)19(20-5-2)17-13-9-10-14-18(17)21-6-3/h7-14,19-20H,4-6H2,1-3H3. The van der Waals surface area contributed by atoms with E-state index in [2.05, 4.69) is 61.6 Å². The minimum Gasteiger partial charge on any atom is -0.494 e. The van der Waals surface area contributed by atoms with E-state index in [-0.39, 0.29) is 6.04 Å². The zero-order valence-corrected chi connectivity index (χ0v) is 13.2. The van der Waals surface area contributed by atoms with Crippen molar-refractivity contribution in [2.75, 3.05) is 13.2 Å². The van der Waals surface area contributed by atoms with Crippen LogP contribution >= 0.6 is 0 Å². The van der Waals surface area contributed by atoms with Gasteiger partial charge in [0.2, 0.25) is 0 Å². The number of nitrogens with one attached hydrogen (secondary N) is 1. The fraction of sp³-hybridized carbons (Fsp3) is 0.368. The maximum absolute atomic E-state index is 5.82. The quantitative estimate of drug-likeness (QED) is 0.816. The summed E-state index contributed by atoms with van der Waals surface area (Å²) in [6.07, 6.45) is 1.04. The molecule has 0 aliphatic rings. The van der Waals surface area contributed by atoms with Crippen molar-refractivity contribution in [3.63, 3.8) is 0 Å². The summed E-state index contributed by atoms with van der Waals surface area (Å²) in [5.74, 6) is 0.969. The molecule has 0 bridgehead atoms. The summed E-state index contributed by atoms with van der Waals surface area (Å²) >= 11 is 0. The van der Waals surface area contributed by atoms with Gasteiger partial charge in [-0.05, 0) is 37.1 Å². The van der Waals surface area contributed by atoms with E-state index >= 15 is 0 Å². The van der Waals surface area contributed by atoms with E-state index in [4.69, 9.17) is 4.74 Å². The van der Waals surface area contributed by atoms with Crippen LogP contribution in [0.5, 0.6) is 5.75 Å². The number of aryl methyl sites for hydroxylation is 1. The van der Waals surface area contributed by atoms with Gasteiger partial charge in [0.25, 0.3) is 0 Å². The minimum absolute atomic E-state index is 0.175. The molecule has 2 aromatic rings. The van der Waals surface area contributed by atoms with Gasteiger partial charge in [-0.1, -0.05) is 56.3 Å². The lowest BCUT2D eigenvalue weighted by molar-refractivity contribution is 0.333. The van der Waals surface area contributed by atoms with Crippen LogP contribution in [0.25, 0.3) is 0 Å². The average Bonchev–Trinajstić information content (AvgIpc) is 2.54. The van der Waals surface area contributed by atoms with Gasteiger partial charge >= 0.3 is 0 Å². The summed E-state index contributed by atoms with van der Waals surface area (Å²) in [4.78, 5) is 0. The van der Waals surface area contributed by atoms with Crippen LogP contribution < -0.4 is 10.1 Å². The van der Waals surface area contributed by atoms with Crippen molar-refractivity contribution in [1.82, 2.24) is 5.32 Å². The Morgan fingerprint density at radius 2 is 1.57 bits per heavy atom. The zero-order valence-electron chi connectivity index (χ0n) is 13.2. The van der Waals surface area contributed by atoms with E-state index in [1.54, 1.807) is 0 Å². The maximum atomic E-state index is 5.82. The van der Waals surface area contributed by atoms with Gasteiger partial charge in [0.05, 0.1) is 12.6 Å². The van der Waals surface area contributed by atoms with Crippen LogP contribution in [-0.4, -0.2) is 13.2 Å². The van der Waals surface area contributed by atoms with Crippen molar-refractivity contribution < 1.29 is 4.74 Å². The van der Waals surface area contributed by atoms with Crippen LogP contribution in [-0.2, 0) is 6.42 Å². The first-order valence-electron chi connectivity index (χ1n) is 7.84. The highest BCUT2D eigenvalue weighted by Crippen LogP contribution is 2.32. The lowest BCUT2D eigenvalue weighted by Crippen LogP contribution is -2.23. The molecule has 1 N–H and O–H groups in total. The Hall–Kier alpha value is -1.80. The van der Waals surface area contributed by atoms with Crippen LogP contribution in [0.4, 0.5) is 0 Å². The first-order chi connectivity index (χ1) is 10.3. The molecule has 0 aliphatic carbocycles. The second-order valence-corrected chi connectivity index (χ2v) is 5.01. The first kappa shape index (κ1) is 15.6. The maximum Gasteiger partial charge on any atom is 0.124 e. The minimum atomic E-state index is 0.175. The van der Waals surface area contributed by atoms with Crippen molar-refractivity contribution in [3.05, 3.63) is 65.2 Å². The lowest BCUT2D eigenvalue weighted by atomic mass is 9.92. The Morgan fingerprint density at radius 3 is 2.24 bits per heavy atom. The van der Waals surface area contributed by atoms with Crippen LogP contribution in [0.2, 0.25) is 0 Å². The van der Waals surface area contributed by atoms with Crippen molar-refractivity contribution in [2.45, 2.75) is 33.2 Å². The smallest absolute Gasteiger partial charge is 0.124 e. The number of hydrogen-bond donors (Lipinski definition) is 1. The van der Waals surface area contributed by atoms with E-state index in [0.29, 0.717) is 6.61 Å². The largest absolute Gasteiger partial charge is 0.494 e. The van der Waals surface area contributed by atoms with Gasteiger partial charge in [-0.3, -0.25) is 0 Å². The van der Waals surface area contributed by atoms with Gasteiger partial charge in [0.1, 0.15) is 5.75 Å². The van der Waals surface area contributed by atoms with Gasteiger partial charge in [0, 0.05) is 5.56 Å². The van der Waals surface area contributed by atoms with Crippen LogP contribution in [0.3, 0.4) is 0 Å². The second-order valence-electron chi connectivity index (χ2n) is 5.01. The fourth-order valence-electron chi connectivity index (χ4n) is 2.74. The first-order valence-corrected chi connectivity index (χ1v) is 7.84. The van der Waals surface area contributed by atoms with Crippen LogP contribution in [0.15, 0.2) is 48.5 Å².